The van der Waals surface area contributed by atoms with Gasteiger partial charge in [0.05, 0.1) is 11.8 Å². The topological polar surface area (TPSA) is 74.6 Å². The minimum absolute atomic E-state index is 0.137. The molecule has 0 atom stereocenters. The van der Waals surface area contributed by atoms with E-state index in [1.807, 2.05) is 0 Å². The van der Waals surface area contributed by atoms with Crippen molar-refractivity contribution in [1.82, 2.24) is 0 Å². The molecule has 2 fully saturated rings. The van der Waals surface area contributed by atoms with Crippen LogP contribution in [0.25, 0.3) is 0 Å². The summed E-state index contributed by atoms with van der Waals surface area (Å²) >= 11 is 0. The molecular formula is C17H28O4. The van der Waals surface area contributed by atoms with Crippen molar-refractivity contribution < 1.29 is 19.8 Å². The lowest BCUT2D eigenvalue weighted by molar-refractivity contribution is -0.143. The molecule has 4 nitrogen and oxygen atoms in total. The van der Waals surface area contributed by atoms with Crippen molar-refractivity contribution in [3.8, 4) is 0 Å². The van der Waals surface area contributed by atoms with Crippen LogP contribution in [0, 0.1) is 29.6 Å². The van der Waals surface area contributed by atoms with Crippen molar-refractivity contribution in [1.29, 1.82) is 0 Å². The van der Waals surface area contributed by atoms with Crippen molar-refractivity contribution in [2.45, 2.75) is 64.7 Å². The van der Waals surface area contributed by atoms with E-state index in [2.05, 4.69) is 6.92 Å². The molecule has 0 aliphatic heterocycles. The molecule has 2 saturated carbocycles. The number of carboxylic acid groups (broad SMARTS) is 2. The first-order chi connectivity index (χ1) is 10.0. The van der Waals surface area contributed by atoms with E-state index in [0.717, 1.165) is 57.8 Å². The van der Waals surface area contributed by atoms with Gasteiger partial charge < -0.3 is 10.2 Å². The lowest BCUT2D eigenvalue weighted by Crippen LogP contribution is -2.32. The van der Waals surface area contributed by atoms with E-state index in [0.29, 0.717) is 17.8 Å². The predicted molar refractivity (Wildman–Crippen MR) is 79.9 cm³/mol. The molecule has 0 spiro atoms. The van der Waals surface area contributed by atoms with Gasteiger partial charge in [-0.1, -0.05) is 13.3 Å². The van der Waals surface area contributed by atoms with E-state index in [1.54, 1.807) is 0 Å². The van der Waals surface area contributed by atoms with E-state index in [1.165, 1.54) is 0 Å². The smallest absolute Gasteiger partial charge is 0.306 e. The molecule has 2 aliphatic rings. The second-order valence-electron chi connectivity index (χ2n) is 6.97. The SMILES string of the molecule is CCC(C1CCC(C(=O)O)CC1)C1CCC(C(=O)O)CC1. The molecule has 0 radical (unpaired) electrons. The van der Waals surface area contributed by atoms with E-state index in [-0.39, 0.29) is 11.8 Å². The van der Waals surface area contributed by atoms with Crippen molar-refractivity contribution in [2.75, 3.05) is 0 Å². The van der Waals surface area contributed by atoms with Gasteiger partial charge >= 0.3 is 11.9 Å². The molecule has 0 aromatic heterocycles. The van der Waals surface area contributed by atoms with E-state index in [9.17, 15) is 9.59 Å². The van der Waals surface area contributed by atoms with E-state index >= 15 is 0 Å². The Labute approximate surface area is 126 Å². The summed E-state index contributed by atoms with van der Waals surface area (Å²) in [6.07, 6.45) is 8.57. The van der Waals surface area contributed by atoms with E-state index in [4.69, 9.17) is 10.2 Å². The molecular weight excluding hydrogens is 268 g/mol. The highest BCUT2D eigenvalue weighted by Gasteiger charge is 2.36. The van der Waals surface area contributed by atoms with Gasteiger partial charge in [0.25, 0.3) is 0 Å². The van der Waals surface area contributed by atoms with Crippen molar-refractivity contribution in [3.63, 3.8) is 0 Å². The highest BCUT2D eigenvalue weighted by molar-refractivity contribution is 5.70. The number of aliphatic carboxylic acids is 2. The Balaban J connectivity index is 1.86. The van der Waals surface area contributed by atoms with Gasteiger partial charge in [-0.2, -0.15) is 0 Å². The molecule has 2 N–H and O–H groups in total. The molecule has 0 saturated heterocycles. The average molecular weight is 296 g/mol. The van der Waals surface area contributed by atoms with Crippen LogP contribution in [0.1, 0.15) is 64.7 Å². The molecule has 120 valence electrons. The molecule has 0 aromatic carbocycles. The standard InChI is InChI=1S/C17H28O4/c1-2-15(11-3-7-13(8-4-11)16(18)19)12-5-9-14(10-6-12)17(20)21/h11-15H,2-10H2,1H3,(H,18,19)(H,20,21). The van der Waals surface area contributed by atoms with Crippen LogP contribution in [0.5, 0.6) is 0 Å². The van der Waals surface area contributed by atoms with Crippen LogP contribution in [0.4, 0.5) is 0 Å². The summed E-state index contributed by atoms with van der Waals surface area (Å²) in [6, 6.07) is 0. The fourth-order valence-electron chi connectivity index (χ4n) is 4.64. The first-order valence-corrected chi connectivity index (χ1v) is 8.48. The van der Waals surface area contributed by atoms with Gasteiger partial charge in [-0.3, -0.25) is 9.59 Å². The van der Waals surface area contributed by atoms with Gasteiger partial charge in [0.1, 0.15) is 0 Å². The number of carbonyl (C=O) groups is 2. The second-order valence-corrected chi connectivity index (χ2v) is 6.97. The molecule has 0 amide bonds. The monoisotopic (exact) mass is 296 g/mol. The quantitative estimate of drug-likeness (QED) is 0.809. The number of rotatable bonds is 5. The zero-order valence-electron chi connectivity index (χ0n) is 13.0. The van der Waals surface area contributed by atoms with Gasteiger partial charge in [-0.25, -0.2) is 0 Å². The molecule has 0 unspecified atom stereocenters. The van der Waals surface area contributed by atoms with Crippen molar-refractivity contribution >= 4 is 11.9 Å². The molecule has 2 rings (SSSR count). The lowest BCUT2D eigenvalue weighted by atomic mass is 9.66. The number of hydrogen-bond acceptors (Lipinski definition) is 2. The Morgan fingerprint density at radius 1 is 0.810 bits per heavy atom. The third-order valence-corrected chi connectivity index (χ3v) is 5.92. The Bertz CT molecular complexity index is 329. The van der Waals surface area contributed by atoms with Crippen molar-refractivity contribution in [3.05, 3.63) is 0 Å². The Kier molecular flexibility index (Phi) is 5.65. The molecule has 21 heavy (non-hydrogen) atoms. The zero-order chi connectivity index (χ0) is 15.4. The minimum atomic E-state index is -0.636. The van der Waals surface area contributed by atoms with Gasteiger partial charge in [0, 0.05) is 0 Å². The number of carboxylic acids is 2. The van der Waals surface area contributed by atoms with Crippen LogP contribution in [0.3, 0.4) is 0 Å². The summed E-state index contributed by atoms with van der Waals surface area (Å²) in [7, 11) is 0. The lowest BCUT2D eigenvalue weighted by Gasteiger charge is -2.39. The zero-order valence-corrected chi connectivity index (χ0v) is 13.0. The minimum Gasteiger partial charge on any atom is -0.481 e. The molecule has 0 heterocycles. The van der Waals surface area contributed by atoms with Crippen LogP contribution in [0.15, 0.2) is 0 Å². The molecule has 4 heteroatoms. The Morgan fingerprint density at radius 3 is 1.38 bits per heavy atom. The molecule has 2 aliphatic carbocycles. The first-order valence-electron chi connectivity index (χ1n) is 8.48. The van der Waals surface area contributed by atoms with Gasteiger partial charge in [0.15, 0.2) is 0 Å². The first kappa shape index (κ1) is 16.3. The van der Waals surface area contributed by atoms with Gasteiger partial charge in [0.2, 0.25) is 0 Å². The second kappa shape index (κ2) is 7.28. The summed E-state index contributed by atoms with van der Waals surface area (Å²) in [4.78, 5) is 22.1. The third kappa shape index (κ3) is 3.98. The normalized spacial score (nSPS) is 35.1. The Hall–Kier alpha value is -1.06. The fourth-order valence-corrected chi connectivity index (χ4v) is 4.64. The van der Waals surface area contributed by atoms with Crippen molar-refractivity contribution in [2.24, 2.45) is 29.6 Å². The molecule has 0 aromatic rings. The fraction of sp³-hybridized carbons (Fsp3) is 0.882. The summed E-state index contributed by atoms with van der Waals surface area (Å²) < 4.78 is 0. The third-order valence-electron chi connectivity index (χ3n) is 5.92. The maximum atomic E-state index is 11.0. The summed E-state index contributed by atoms with van der Waals surface area (Å²) in [5, 5.41) is 18.2. The van der Waals surface area contributed by atoms with Gasteiger partial charge in [-0.05, 0) is 69.1 Å². The highest BCUT2D eigenvalue weighted by atomic mass is 16.4. The maximum Gasteiger partial charge on any atom is 0.306 e. The van der Waals surface area contributed by atoms with Crippen LogP contribution in [0.2, 0.25) is 0 Å². The molecule has 0 bridgehead atoms. The Morgan fingerprint density at radius 2 is 1.14 bits per heavy atom. The summed E-state index contributed by atoms with van der Waals surface area (Å²) in [5.74, 6) is 0.415. The largest absolute Gasteiger partial charge is 0.481 e. The maximum absolute atomic E-state index is 11.0. The van der Waals surface area contributed by atoms with Gasteiger partial charge in [-0.15, -0.1) is 0 Å². The highest BCUT2D eigenvalue weighted by Crippen LogP contribution is 2.43. The predicted octanol–water partition coefficient (Wildman–Crippen LogP) is 3.79. The van der Waals surface area contributed by atoms with Crippen LogP contribution < -0.4 is 0 Å². The van der Waals surface area contributed by atoms with E-state index < -0.39 is 11.9 Å². The van der Waals surface area contributed by atoms with Crippen LogP contribution in [-0.2, 0) is 9.59 Å². The summed E-state index contributed by atoms with van der Waals surface area (Å²) in [6.45, 7) is 2.23. The van der Waals surface area contributed by atoms with Crippen LogP contribution in [-0.4, -0.2) is 22.2 Å². The average Bonchev–Trinajstić information content (AvgIpc) is 2.49. The summed E-state index contributed by atoms with van der Waals surface area (Å²) in [5.41, 5.74) is 0. The number of hydrogen-bond donors (Lipinski definition) is 2. The van der Waals surface area contributed by atoms with Crippen LogP contribution >= 0.6 is 0 Å².